The molecule has 226 valence electrons. The fourth-order valence-corrected chi connectivity index (χ4v) is 4.15. The summed E-state index contributed by atoms with van der Waals surface area (Å²) >= 11 is 0. The maximum Gasteiger partial charge on any atom is 0.310 e. The molecule has 1 aromatic heterocycles. The second-order valence-electron chi connectivity index (χ2n) is 11.6. The molecule has 3 rings (SSSR count). The van der Waals surface area contributed by atoms with Crippen molar-refractivity contribution in [2.75, 3.05) is 39.6 Å². The molecule has 0 amide bonds. The largest absolute Gasteiger partial charge is 0.491 e. The van der Waals surface area contributed by atoms with Crippen LogP contribution in [0.25, 0.3) is 22.3 Å². The van der Waals surface area contributed by atoms with Crippen LogP contribution in [0.3, 0.4) is 0 Å². The average molecular weight is 573 g/mol. The van der Waals surface area contributed by atoms with Gasteiger partial charge in [-0.05, 0) is 52.3 Å². The Kier molecular flexibility index (Phi) is 11.7. The lowest BCUT2D eigenvalue weighted by atomic mass is 9.80. The zero-order chi connectivity index (χ0) is 30.0. The molecule has 0 fully saturated rings. The van der Waals surface area contributed by atoms with E-state index in [1.165, 1.54) is 0 Å². The Morgan fingerprint density at radius 3 is 2.12 bits per heavy atom. The molecule has 3 unspecified atom stereocenters. The summed E-state index contributed by atoms with van der Waals surface area (Å²) in [5.74, 6) is 0.241. The number of aliphatic hydroxyl groups is 2. The third-order valence-electron chi connectivity index (χ3n) is 6.32. The lowest BCUT2D eigenvalue weighted by Crippen LogP contribution is -2.50. The van der Waals surface area contributed by atoms with Gasteiger partial charge in [0.1, 0.15) is 42.5 Å². The topological polar surface area (TPSA) is 160 Å². The summed E-state index contributed by atoms with van der Waals surface area (Å²) in [6.07, 6.45) is -1.49. The van der Waals surface area contributed by atoms with Gasteiger partial charge in [-0.1, -0.05) is 30.3 Å². The molecule has 3 atom stereocenters. The molecule has 0 spiro atoms. The third-order valence-corrected chi connectivity index (χ3v) is 6.32. The summed E-state index contributed by atoms with van der Waals surface area (Å²) in [4.78, 5) is 12.5. The van der Waals surface area contributed by atoms with Crippen LogP contribution in [-0.2, 0) is 19.0 Å². The van der Waals surface area contributed by atoms with Crippen LogP contribution in [0.2, 0.25) is 0 Å². The highest BCUT2D eigenvalue weighted by Gasteiger charge is 2.36. The van der Waals surface area contributed by atoms with Crippen LogP contribution in [-0.4, -0.2) is 79.1 Å². The first-order valence-electron chi connectivity index (χ1n) is 13.8. The van der Waals surface area contributed by atoms with E-state index in [4.69, 9.17) is 34.8 Å². The van der Waals surface area contributed by atoms with E-state index in [0.29, 0.717) is 17.8 Å². The predicted octanol–water partition coefficient (Wildman–Crippen LogP) is 3.26. The van der Waals surface area contributed by atoms with Gasteiger partial charge in [-0.2, -0.15) is 0 Å². The van der Waals surface area contributed by atoms with Gasteiger partial charge in [0.2, 0.25) is 0 Å². The molecular weight excluding hydrogens is 528 g/mol. The van der Waals surface area contributed by atoms with E-state index in [1.807, 2.05) is 62.4 Å². The molecule has 10 nitrogen and oxygen atoms in total. The average Bonchev–Trinajstić information content (AvgIpc) is 3.34. The van der Waals surface area contributed by atoms with Gasteiger partial charge in [0.15, 0.2) is 0 Å². The number of fused-ring (bicyclic) bond motifs is 1. The monoisotopic (exact) mass is 572 g/mol. The highest BCUT2D eigenvalue weighted by Crippen LogP contribution is 2.30. The van der Waals surface area contributed by atoms with Gasteiger partial charge in [-0.3, -0.25) is 4.79 Å². The number of hydrogen-bond acceptors (Lipinski definition) is 10. The third kappa shape index (κ3) is 11.1. The zero-order valence-corrected chi connectivity index (χ0v) is 24.4. The Balaban J connectivity index is 1.29. The van der Waals surface area contributed by atoms with E-state index in [9.17, 15) is 15.0 Å². The van der Waals surface area contributed by atoms with Crippen LogP contribution >= 0.6 is 0 Å². The number of ether oxygens (including phenoxy) is 4. The molecular formula is C31H44N2O8. The minimum absolute atomic E-state index is 0.0391. The first-order valence-corrected chi connectivity index (χ1v) is 13.8. The van der Waals surface area contributed by atoms with Crippen molar-refractivity contribution in [1.29, 1.82) is 0 Å². The lowest BCUT2D eigenvalue weighted by molar-refractivity contribution is -0.155. The molecule has 0 bridgehead atoms. The van der Waals surface area contributed by atoms with E-state index in [0.717, 1.165) is 16.7 Å². The van der Waals surface area contributed by atoms with Crippen molar-refractivity contribution >= 4 is 16.9 Å². The van der Waals surface area contributed by atoms with Crippen LogP contribution in [0.15, 0.2) is 59.0 Å². The Morgan fingerprint density at radius 2 is 1.51 bits per heavy atom. The summed E-state index contributed by atoms with van der Waals surface area (Å²) in [7, 11) is 0. The maximum absolute atomic E-state index is 12.5. The van der Waals surface area contributed by atoms with Crippen LogP contribution in [0.4, 0.5) is 0 Å². The van der Waals surface area contributed by atoms with Gasteiger partial charge in [-0.15, -0.1) is 0 Å². The number of carbonyl (C=O) groups is 1. The number of esters is 1. The molecule has 2 aromatic carbocycles. The minimum Gasteiger partial charge on any atom is -0.491 e. The molecule has 0 aliphatic heterocycles. The molecule has 6 N–H and O–H groups in total. The van der Waals surface area contributed by atoms with Gasteiger partial charge >= 0.3 is 5.97 Å². The maximum atomic E-state index is 12.5. The van der Waals surface area contributed by atoms with Gasteiger partial charge in [-0.25, -0.2) is 0 Å². The number of carbonyl (C=O) groups excluding carboxylic acids is 1. The fraction of sp³-hybridized carbons (Fsp3) is 0.516. The number of rotatable bonds is 17. The molecule has 10 heteroatoms. The van der Waals surface area contributed by atoms with Crippen LogP contribution in [0.5, 0.6) is 5.75 Å². The van der Waals surface area contributed by atoms with Crippen molar-refractivity contribution in [3.63, 3.8) is 0 Å². The zero-order valence-electron chi connectivity index (χ0n) is 24.4. The van der Waals surface area contributed by atoms with Gasteiger partial charge < -0.3 is 45.0 Å². The van der Waals surface area contributed by atoms with Crippen LogP contribution in [0.1, 0.15) is 34.1 Å². The number of furan rings is 1. The summed E-state index contributed by atoms with van der Waals surface area (Å²) in [6, 6.07) is 17.4. The second-order valence-corrected chi connectivity index (χ2v) is 11.6. The standard InChI is InChI=1S/C31H44N2O8/c1-30(2,32)16-26(31(3,4)33)29(36)40-20-24(35)18-38-13-12-37-17-23(34)19-39-25-11-10-22-14-27(41-28(22)15-25)21-8-6-5-7-9-21/h5-11,14-15,23-24,26,34-35H,12-13,16-20,32-33H2,1-4H3. The van der Waals surface area contributed by atoms with Crippen molar-refractivity contribution in [2.45, 2.75) is 57.4 Å². The molecule has 0 aliphatic rings. The van der Waals surface area contributed by atoms with Gasteiger partial charge in [0.25, 0.3) is 0 Å². The lowest BCUT2D eigenvalue weighted by Gasteiger charge is -2.33. The Labute approximate surface area is 241 Å². The van der Waals surface area contributed by atoms with E-state index in [1.54, 1.807) is 19.9 Å². The Morgan fingerprint density at radius 1 is 0.878 bits per heavy atom. The quantitative estimate of drug-likeness (QED) is 0.140. The summed E-state index contributed by atoms with van der Waals surface area (Å²) < 4.78 is 27.7. The molecule has 41 heavy (non-hydrogen) atoms. The first-order chi connectivity index (χ1) is 19.3. The molecule has 1 heterocycles. The summed E-state index contributed by atoms with van der Waals surface area (Å²) in [5.41, 5.74) is 12.5. The fourth-order valence-electron chi connectivity index (χ4n) is 4.15. The molecule has 0 saturated carbocycles. The van der Waals surface area contributed by atoms with E-state index in [2.05, 4.69) is 0 Å². The van der Waals surface area contributed by atoms with Crippen molar-refractivity contribution < 1.29 is 38.4 Å². The Hall–Kier alpha value is -2.99. The van der Waals surface area contributed by atoms with Crippen LogP contribution in [0, 0.1) is 5.92 Å². The number of nitrogens with two attached hydrogens (primary N) is 2. The van der Waals surface area contributed by atoms with E-state index < -0.39 is 35.2 Å². The molecule has 0 aliphatic carbocycles. The smallest absolute Gasteiger partial charge is 0.310 e. The van der Waals surface area contributed by atoms with Crippen LogP contribution < -0.4 is 16.2 Å². The van der Waals surface area contributed by atoms with E-state index >= 15 is 0 Å². The second kappa shape index (κ2) is 14.8. The van der Waals surface area contributed by atoms with Crippen molar-refractivity contribution in [3.05, 3.63) is 54.6 Å². The van der Waals surface area contributed by atoms with Crippen molar-refractivity contribution in [3.8, 4) is 17.1 Å². The SMILES string of the molecule is CC(C)(N)CC(C(=O)OCC(O)COCCOCC(O)COc1ccc2cc(-c3ccccc3)oc2c1)C(C)(C)N. The summed E-state index contributed by atoms with van der Waals surface area (Å²) in [6.45, 7) is 7.37. The number of benzene rings is 2. The molecule has 0 radical (unpaired) electrons. The highest BCUT2D eigenvalue weighted by molar-refractivity contribution is 5.84. The minimum atomic E-state index is -0.999. The first kappa shape index (κ1) is 32.5. The normalized spacial score (nSPS) is 14.5. The van der Waals surface area contributed by atoms with Crippen molar-refractivity contribution in [2.24, 2.45) is 17.4 Å². The van der Waals surface area contributed by atoms with Gasteiger partial charge in [0, 0.05) is 28.1 Å². The summed E-state index contributed by atoms with van der Waals surface area (Å²) in [5, 5.41) is 21.3. The molecule has 3 aromatic rings. The number of aliphatic hydroxyl groups excluding tert-OH is 2. The van der Waals surface area contributed by atoms with Crippen molar-refractivity contribution in [1.82, 2.24) is 0 Å². The van der Waals surface area contributed by atoms with E-state index in [-0.39, 0.29) is 39.6 Å². The number of hydrogen-bond donors (Lipinski definition) is 4. The van der Waals surface area contributed by atoms with Gasteiger partial charge in [0.05, 0.1) is 32.3 Å². The predicted molar refractivity (Wildman–Crippen MR) is 156 cm³/mol. The Bertz CT molecular complexity index is 1220. The highest BCUT2D eigenvalue weighted by atomic mass is 16.6. The molecule has 0 saturated heterocycles.